The van der Waals surface area contributed by atoms with Crippen LogP contribution in [0, 0.1) is 22.5 Å². The second-order valence-corrected chi connectivity index (χ2v) is 6.59. The number of aliphatic carboxylic acids is 1. The van der Waals surface area contributed by atoms with Crippen molar-refractivity contribution >= 4 is 21.7 Å². The van der Waals surface area contributed by atoms with Crippen LogP contribution < -0.4 is 0 Å². The zero-order valence-electron chi connectivity index (χ0n) is 12.7. The fourth-order valence-electron chi connectivity index (χ4n) is 1.99. The Bertz CT molecular complexity index is 764. The maximum atomic E-state index is 12.7. The van der Waals surface area contributed by atoms with E-state index in [1.54, 1.807) is 0 Å². The number of non-ortho nitro benzene ring substituents is 1. The van der Waals surface area contributed by atoms with Crippen LogP contribution in [0.2, 0.25) is 0 Å². The Balaban J connectivity index is 3.32. The topological polar surface area (TPSA) is 118 Å². The van der Waals surface area contributed by atoms with Crippen molar-refractivity contribution < 1.29 is 23.2 Å². The average Bonchev–Trinajstić information content (AvgIpc) is 2.53. The van der Waals surface area contributed by atoms with Gasteiger partial charge in [0.25, 0.3) is 5.69 Å². The first kappa shape index (κ1) is 19.3. The van der Waals surface area contributed by atoms with Crippen LogP contribution >= 0.6 is 0 Å². The van der Waals surface area contributed by atoms with Crippen LogP contribution in [0.15, 0.2) is 41.8 Å². The summed E-state index contributed by atoms with van der Waals surface area (Å²) in [6, 6.07) is 2.83. The zero-order chi connectivity index (χ0) is 18.3. The molecule has 0 saturated heterocycles. The van der Waals surface area contributed by atoms with Gasteiger partial charge in [-0.15, -0.1) is 18.9 Å². The number of hydrogen-bond acceptors (Lipinski definition) is 5. The number of sulfonamides is 1. The number of carboxylic acid groups (broad SMARTS) is 1. The predicted octanol–water partition coefficient (Wildman–Crippen LogP) is 1.64. The number of rotatable bonds is 9. The van der Waals surface area contributed by atoms with Gasteiger partial charge in [0.05, 0.1) is 9.82 Å². The standard InChI is InChI=1S/C15H16N2O6S/c1-3-5-11-16(14(6-4-2)15(18)19)24(22,23)13-9-7-12(8-10-13)17(20)21/h1,4,7-10,14H,2,5-6,11H2,(H,18,19)/t14-/m0/s1. The zero-order valence-corrected chi connectivity index (χ0v) is 13.5. The van der Waals surface area contributed by atoms with Crippen molar-refractivity contribution in [2.45, 2.75) is 23.8 Å². The molecule has 0 aliphatic carbocycles. The molecule has 1 aromatic rings. The van der Waals surface area contributed by atoms with Gasteiger partial charge >= 0.3 is 5.97 Å². The van der Waals surface area contributed by atoms with Gasteiger partial charge < -0.3 is 5.11 Å². The fourth-order valence-corrected chi connectivity index (χ4v) is 3.59. The molecule has 0 bridgehead atoms. The molecule has 1 atom stereocenters. The maximum Gasteiger partial charge on any atom is 0.322 e. The van der Waals surface area contributed by atoms with Crippen molar-refractivity contribution in [2.24, 2.45) is 0 Å². The Labute approximate surface area is 139 Å². The van der Waals surface area contributed by atoms with E-state index in [1.807, 2.05) is 0 Å². The summed E-state index contributed by atoms with van der Waals surface area (Å²) in [6.45, 7) is 3.24. The second kappa shape index (κ2) is 8.24. The minimum Gasteiger partial charge on any atom is -0.480 e. The molecule has 0 aliphatic heterocycles. The molecule has 0 aliphatic rings. The molecule has 0 spiro atoms. The van der Waals surface area contributed by atoms with Gasteiger partial charge in [-0.05, 0) is 18.6 Å². The van der Waals surface area contributed by atoms with E-state index < -0.39 is 27.0 Å². The van der Waals surface area contributed by atoms with E-state index in [1.165, 1.54) is 6.08 Å². The van der Waals surface area contributed by atoms with Crippen LogP contribution in [0.4, 0.5) is 5.69 Å². The highest BCUT2D eigenvalue weighted by Gasteiger charge is 2.34. The molecule has 0 unspecified atom stereocenters. The third-order valence-corrected chi connectivity index (χ3v) is 5.08. The fraction of sp³-hybridized carbons (Fsp3) is 0.267. The number of carboxylic acids is 1. The minimum absolute atomic E-state index is 0.0210. The van der Waals surface area contributed by atoms with Crippen molar-refractivity contribution in [2.75, 3.05) is 6.54 Å². The van der Waals surface area contributed by atoms with Gasteiger partial charge in [0.15, 0.2) is 0 Å². The quantitative estimate of drug-likeness (QED) is 0.312. The third-order valence-electron chi connectivity index (χ3n) is 3.15. The first-order valence-corrected chi connectivity index (χ1v) is 8.23. The third kappa shape index (κ3) is 4.41. The van der Waals surface area contributed by atoms with E-state index >= 15 is 0 Å². The first-order chi connectivity index (χ1) is 11.3. The van der Waals surface area contributed by atoms with Crippen LogP contribution in [0.5, 0.6) is 0 Å². The average molecular weight is 352 g/mol. The number of nitrogens with zero attached hydrogens (tertiary/aromatic N) is 2. The molecule has 1 aromatic carbocycles. The number of nitro groups is 1. The van der Waals surface area contributed by atoms with Gasteiger partial charge in [0.1, 0.15) is 6.04 Å². The Kier molecular flexibility index (Phi) is 6.64. The van der Waals surface area contributed by atoms with E-state index in [9.17, 15) is 28.4 Å². The molecule has 24 heavy (non-hydrogen) atoms. The van der Waals surface area contributed by atoms with Crippen molar-refractivity contribution in [1.82, 2.24) is 4.31 Å². The molecule has 1 N–H and O–H groups in total. The second-order valence-electron chi connectivity index (χ2n) is 4.70. The lowest BCUT2D eigenvalue weighted by Gasteiger charge is -2.27. The molecule has 128 valence electrons. The van der Waals surface area contributed by atoms with Crippen molar-refractivity contribution in [1.29, 1.82) is 0 Å². The number of terminal acetylenes is 1. The van der Waals surface area contributed by atoms with Crippen LogP contribution in [0.25, 0.3) is 0 Å². The molecular formula is C15H16N2O6S. The number of hydrogen-bond donors (Lipinski definition) is 1. The highest BCUT2D eigenvalue weighted by Crippen LogP contribution is 2.23. The summed E-state index contributed by atoms with van der Waals surface area (Å²) < 4.78 is 26.2. The van der Waals surface area contributed by atoms with E-state index in [0.717, 1.165) is 28.6 Å². The molecular weight excluding hydrogens is 336 g/mol. The Hall–Kier alpha value is -2.70. The van der Waals surface area contributed by atoms with Crippen molar-refractivity contribution in [3.05, 3.63) is 47.0 Å². The molecule has 0 radical (unpaired) electrons. The molecule has 0 heterocycles. The lowest BCUT2D eigenvalue weighted by atomic mass is 10.2. The molecule has 8 nitrogen and oxygen atoms in total. The summed E-state index contributed by atoms with van der Waals surface area (Å²) in [4.78, 5) is 21.2. The largest absolute Gasteiger partial charge is 0.480 e. The monoisotopic (exact) mass is 352 g/mol. The van der Waals surface area contributed by atoms with Gasteiger partial charge in [-0.2, -0.15) is 4.31 Å². The van der Waals surface area contributed by atoms with Crippen molar-refractivity contribution in [3.63, 3.8) is 0 Å². The van der Waals surface area contributed by atoms with E-state index in [4.69, 9.17) is 6.42 Å². The Morgan fingerprint density at radius 1 is 1.46 bits per heavy atom. The van der Waals surface area contributed by atoms with Crippen LogP contribution in [0.1, 0.15) is 12.8 Å². The van der Waals surface area contributed by atoms with Crippen LogP contribution in [-0.2, 0) is 14.8 Å². The van der Waals surface area contributed by atoms with Gasteiger partial charge in [-0.1, -0.05) is 6.08 Å². The number of carbonyl (C=O) groups is 1. The van der Waals surface area contributed by atoms with Crippen LogP contribution in [-0.4, -0.2) is 41.3 Å². The summed E-state index contributed by atoms with van der Waals surface area (Å²) in [6.07, 6.45) is 6.36. The maximum absolute atomic E-state index is 12.7. The van der Waals surface area contributed by atoms with Gasteiger partial charge in [-0.25, -0.2) is 8.42 Å². The summed E-state index contributed by atoms with van der Waals surface area (Å²) in [7, 11) is -4.20. The van der Waals surface area contributed by atoms with E-state index in [2.05, 4.69) is 12.5 Å². The summed E-state index contributed by atoms with van der Waals surface area (Å²) in [5.74, 6) is 0.932. The summed E-state index contributed by atoms with van der Waals surface area (Å²) in [5.41, 5.74) is -0.273. The lowest BCUT2D eigenvalue weighted by molar-refractivity contribution is -0.384. The van der Waals surface area contributed by atoms with E-state index in [0.29, 0.717) is 0 Å². The van der Waals surface area contributed by atoms with Gasteiger partial charge in [0, 0.05) is 25.1 Å². The Morgan fingerprint density at radius 2 is 2.04 bits per heavy atom. The highest BCUT2D eigenvalue weighted by atomic mass is 32.2. The van der Waals surface area contributed by atoms with E-state index in [-0.39, 0.29) is 30.0 Å². The Morgan fingerprint density at radius 3 is 2.46 bits per heavy atom. The minimum atomic E-state index is -4.20. The molecule has 0 saturated carbocycles. The molecule has 9 heteroatoms. The molecule has 0 amide bonds. The smallest absolute Gasteiger partial charge is 0.322 e. The highest BCUT2D eigenvalue weighted by molar-refractivity contribution is 7.89. The molecule has 1 rings (SSSR count). The lowest BCUT2D eigenvalue weighted by Crippen LogP contribution is -2.45. The number of benzene rings is 1. The molecule has 0 aromatic heterocycles. The molecule has 0 fully saturated rings. The SMILES string of the molecule is C#CCCN([C@@H](CC=C)C(=O)O)S(=O)(=O)c1ccc([N+](=O)[O-])cc1. The first-order valence-electron chi connectivity index (χ1n) is 6.79. The van der Waals surface area contributed by atoms with Gasteiger partial charge in [-0.3, -0.25) is 14.9 Å². The van der Waals surface area contributed by atoms with Gasteiger partial charge in [0.2, 0.25) is 10.0 Å². The van der Waals surface area contributed by atoms with Crippen LogP contribution in [0.3, 0.4) is 0 Å². The normalized spacial score (nSPS) is 12.3. The predicted molar refractivity (Wildman–Crippen MR) is 86.7 cm³/mol. The summed E-state index contributed by atoms with van der Waals surface area (Å²) in [5, 5.41) is 20.0. The summed E-state index contributed by atoms with van der Waals surface area (Å²) >= 11 is 0. The number of nitro benzene ring substituents is 1. The van der Waals surface area contributed by atoms with Crippen molar-refractivity contribution in [3.8, 4) is 12.3 Å².